The van der Waals surface area contributed by atoms with Crippen molar-refractivity contribution in [1.29, 1.82) is 0 Å². The van der Waals surface area contributed by atoms with Crippen LogP contribution in [-0.2, 0) is 15.0 Å². The van der Waals surface area contributed by atoms with Gasteiger partial charge in [0.15, 0.2) is 11.6 Å². The number of nitrogens with zero attached hydrogens (tertiary/aromatic N) is 2. The number of hydroxylamine groups is 1. The first-order valence-corrected chi connectivity index (χ1v) is 6.87. The molecule has 0 bridgehead atoms. The lowest BCUT2D eigenvalue weighted by atomic mass is 9.85. The van der Waals surface area contributed by atoms with Gasteiger partial charge in [0.2, 0.25) is 5.89 Å². The van der Waals surface area contributed by atoms with Crippen molar-refractivity contribution in [2.24, 2.45) is 0 Å². The van der Waals surface area contributed by atoms with Crippen LogP contribution in [0.2, 0.25) is 0 Å². The van der Waals surface area contributed by atoms with Crippen LogP contribution in [0.3, 0.4) is 0 Å². The summed E-state index contributed by atoms with van der Waals surface area (Å²) in [6.07, 6.45) is 3.62. The smallest absolute Gasteiger partial charge is 0.229 e. The van der Waals surface area contributed by atoms with Crippen molar-refractivity contribution >= 4 is 0 Å². The molecule has 106 valence electrons. The maximum Gasteiger partial charge on any atom is 0.229 e. The summed E-state index contributed by atoms with van der Waals surface area (Å²) in [4.78, 5) is 10.0. The quantitative estimate of drug-likeness (QED) is 0.841. The predicted molar refractivity (Wildman–Crippen MR) is 67.1 cm³/mol. The van der Waals surface area contributed by atoms with E-state index in [1.54, 1.807) is 0 Å². The second kappa shape index (κ2) is 4.54. The molecule has 2 fully saturated rings. The second-order valence-electron chi connectivity index (χ2n) is 6.43. The molecule has 1 N–H and O–H groups in total. The molecule has 6 nitrogen and oxygen atoms in total. The third kappa shape index (κ3) is 2.52. The highest BCUT2D eigenvalue weighted by molar-refractivity contribution is 5.04. The summed E-state index contributed by atoms with van der Waals surface area (Å²) in [5.74, 6) is 1.43. The number of nitrogens with one attached hydrogen (secondary N) is 1. The van der Waals surface area contributed by atoms with Gasteiger partial charge in [-0.1, -0.05) is 25.9 Å². The molecule has 2 heterocycles. The van der Waals surface area contributed by atoms with Crippen LogP contribution in [-0.4, -0.2) is 22.7 Å². The largest absolute Gasteiger partial charge is 0.339 e. The van der Waals surface area contributed by atoms with E-state index < -0.39 is 5.79 Å². The van der Waals surface area contributed by atoms with Crippen molar-refractivity contribution in [3.05, 3.63) is 11.7 Å². The van der Waals surface area contributed by atoms with Gasteiger partial charge < -0.3 is 9.26 Å². The molecule has 0 amide bonds. The lowest BCUT2D eigenvalue weighted by molar-refractivity contribution is -0.194. The molecule has 1 saturated heterocycles. The van der Waals surface area contributed by atoms with Gasteiger partial charge in [0.05, 0.1) is 0 Å². The van der Waals surface area contributed by atoms with Gasteiger partial charge in [-0.25, -0.2) is 0 Å². The van der Waals surface area contributed by atoms with Gasteiger partial charge in [-0.15, -0.1) is 0 Å². The van der Waals surface area contributed by atoms with E-state index in [4.69, 9.17) is 14.1 Å². The normalized spacial score (nSPS) is 32.1. The van der Waals surface area contributed by atoms with Gasteiger partial charge in [-0.2, -0.15) is 10.5 Å². The molecule has 2 aliphatic rings. The zero-order valence-corrected chi connectivity index (χ0v) is 11.7. The molecule has 1 aromatic heterocycles. The SMILES string of the molecule is CC(C)(C)c1noc(C2CCC3(CC2)OCNO3)n1. The zero-order chi connectivity index (χ0) is 13.5. The fourth-order valence-electron chi connectivity index (χ4n) is 2.61. The van der Waals surface area contributed by atoms with Gasteiger partial charge in [0.25, 0.3) is 0 Å². The van der Waals surface area contributed by atoms with E-state index in [0.717, 1.165) is 37.4 Å². The van der Waals surface area contributed by atoms with Crippen molar-refractivity contribution in [3.8, 4) is 0 Å². The third-order valence-corrected chi connectivity index (χ3v) is 3.86. The highest BCUT2D eigenvalue weighted by Gasteiger charge is 2.42. The van der Waals surface area contributed by atoms with Crippen molar-refractivity contribution in [3.63, 3.8) is 0 Å². The first kappa shape index (κ1) is 13.0. The Morgan fingerprint density at radius 3 is 2.53 bits per heavy atom. The first-order valence-electron chi connectivity index (χ1n) is 6.87. The van der Waals surface area contributed by atoms with Crippen LogP contribution in [0.5, 0.6) is 0 Å². The Morgan fingerprint density at radius 1 is 1.26 bits per heavy atom. The van der Waals surface area contributed by atoms with E-state index in [-0.39, 0.29) is 5.41 Å². The topological polar surface area (TPSA) is 69.4 Å². The van der Waals surface area contributed by atoms with Gasteiger partial charge in [0, 0.05) is 24.2 Å². The van der Waals surface area contributed by atoms with E-state index in [9.17, 15) is 0 Å². The number of hydrogen-bond acceptors (Lipinski definition) is 6. The minimum atomic E-state index is -0.427. The molecule has 0 radical (unpaired) electrons. The molecule has 1 aliphatic heterocycles. The lowest BCUT2D eigenvalue weighted by Crippen LogP contribution is -2.35. The predicted octanol–water partition coefficient (Wildman–Crippen LogP) is 2.23. The molecule has 1 spiro atoms. The molecule has 6 heteroatoms. The Morgan fingerprint density at radius 2 is 2.00 bits per heavy atom. The van der Waals surface area contributed by atoms with Gasteiger partial charge >= 0.3 is 0 Å². The summed E-state index contributed by atoms with van der Waals surface area (Å²) in [7, 11) is 0. The van der Waals surface area contributed by atoms with Gasteiger partial charge in [-0.3, -0.25) is 4.84 Å². The maximum absolute atomic E-state index is 5.63. The second-order valence-corrected chi connectivity index (χ2v) is 6.43. The lowest BCUT2D eigenvalue weighted by Gasteiger charge is -2.32. The van der Waals surface area contributed by atoms with E-state index in [0.29, 0.717) is 12.6 Å². The highest BCUT2D eigenvalue weighted by Crippen LogP contribution is 2.41. The van der Waals surface area contributed by atoms with Crippen LogP contribution in [0.1, 0.15) is 64.1 Å². The van der Waals surface area contributed by atoms with Crippen molar-refractivity contribution in [2.45, 2.75) is 63.6 Å². The Labute approximate surface area is 112 Å². The van der Waals surface area contributed by atoms with Crippen molar-refractivity contribution in [2.75, 3.05) is 6.73 Å². The highest BCUT2D eigenvalue weighted by atomic mass is 16.8. The molecule has 0 atom stereocenters. The summed E-state index contributed by atoms with van der Waals surface area (Å²) in [6, 6.07) is 0. The molecule has 3 rings (SSSR count). The summed E-state index contributed by atoms with van der Waals surface area (Å²) < 4.78 is 11.0. The average molecular weight is 267 g/mol. The molecule has 1 aromatic rings. The van der Waals surface area contributed by atoms with Crippen LogP contribution in [0.15, 0.2) is 4.52 Å². The van der Waals surface area contributed by atoms with E-state index in [1.807, 2.05) is 0 Å². The van der Waals surface area contributed by atoms with E-state index in [1.165, 1.54) is 0 Å². The van der Waals surface area contributed by atoms with Crippen LogP contribution in [0, 0.1) is 0 Å². The summed E-state index contributed by atoms with van der Waals surface area (Å²) in [5, 5.41) is 4.09. The van der Waals surface area contributed by atoms with Crippen molar-refractivity contribution < 1.29 is 14.1 Å². The Kier molecular flexibility index (Phi) is 3.11. The maximum atomic E-state index is 5.63. The fourth-order valence-corrected chi connectivity index (χ4v) is 2.61. The molecule has 19 heavy (non-hydrogen) atoms. The first-order chi connectivity index (χ1) is 8.99. The number of rotatable bonds is 1. The Balaban J connectivity index is 1.66. The zero-order valence-electron chi connectivity index (χ0n) is 11.7. The third-order valence-electron chi connectivity index (χ3n) is 3.86. The van der Waals surface area contributed by atoms with Crippen LogP contribution >= 0.6 is 0 Å². The summed E-state index contributed by atoms with van der Waals surface area (Å²) in [5.41, 5.74) is 2.72. The number of ether oxygens (including phenoxy) is 1. The van der Waals surface area contributed by atoms with Crippen LogP contribution < -0.4 is 5.48 Å². The molecule has 1 saturated carbocycles. The number of aromatic nitrogens is 2. The fraction of sp³-hybridized carbons (Fsp3) is 0.846. The van der Waals surface area contributed by atoms with E-state index in [2.05, 4.69) is 36.4 Å². The molecule has 0 unspecified atom stereocenters. The summed E-state index contributed by atoms with van der Waals surface area (Å²) in [6.45, 7) is 6.73. The molecule has 0 aromatic carbocycles. The van der Waals surface area contributed by atoms with Crippen LogP contribution in [0.4, 0.5) is 0 Å². The van der Waals surface area contributed by atoms with E-state index >= 15 is 0 Å². The van der Waals surface area contributed by atoms with Gasteiger partial charge in [0.1, 0.15) is 6.73 Å². The number of hydrogen-bond donors (Lipinski definition) is 1. The molecular weight excluding hydrogens is 246 g/mol. The Bertz CT molecular complexity index is 436. The minimum absolute atomic E-state index is 0.0702. The van der Waals surface area contributed by atoms with Crippen molar-refractivity contribution in [1.82, 2.24) is 15.6 Å². The standard InChI is InChI=1S/C13H21N3O3/c1-12(2,3)11-15-10(18-16-11)9-4-6-13(7-5-9)17-8-14-19-13/h9,14H,4-8H2,1-3H3. The average Bonchev–Trinajstić information content (AvgIpc) is 2.99. The molecular formula is C13H21N3O3. The monoisotopic (exact) mass is 267 g/mol. The minimum Gasteiger partial charge on any atom is -0.339 e. The van der Waals surface area contributed by atoms with Gasteiger partial charge in [-0.05, 0) is 12.8 Å². The molecule has 1 aliphatic carbocycles. The summed E-state index contributed by atoms with van der Waals surface area (Å²) >= 11 is 0. The Hall–Kier alpha value is -0.980. The van der Waals surface area contributed by atoms with Crippen LogP contribution in [0.25, 0.3) is 0 Å².